The second-order valence-corrected chi connectivity index (χ2v) is 3.63. The van der Waals surface area contributed by atoms with E-state index < -0.39 is 18.8 Å². The molecule has 7 heteroatoms. The number of ether oxygens (including phenoxy) is 1. The van der Waals surface area contributed by atoms with Crippen LogP contribution < -0.4 is 10.1 Å². The molecule has 1 aromatic rings. The van der Waals surface area contributed by atoms with E-state index in [-0.39, 0.29) is 11.1 Å². The Morgan fingerprint density at radius 1 is 1.37 bits per heavy atom. The molecule has 1 N–H and O–H groups in total. The van der Waals surface area contributed by atoms with Crippen LogP contribution in [0.25, 0.3) is 0 Å². The van der Waals surface area contributed by atoms with Crippen LogP contribution in [-0.2, 0) is 0 Å². The number of alkyl halides is 3. The topological polar surface area (TPSA) is 68.8 Å². The predicted molar refractivity (Wildman–Crippen MR) is 60.1 cm³/mol. The van der Waals surface area contributed by atoms with Crippen LogP contribution in [-0.4, -0.2) is 19.8 Å². The normalized spacial score (nSPS) is 12.3. The van der Waals surface area contributed by atoms with E-state index in [4.69, 9.17) is 15.3 Å². The molecule has 0 aliphatic rings. The van der Waals surface area contributed by atoms with E-state index in [1.54, 1.807) is 6.07 Å². The van der Waals surface area contributed by atoms with Gasteiger partial charge in [0.1, 0.15) is 17.9 Å². The van der Waals surface area contributed by atoms with Gasteiger partial charge in [0.25, 0.3) is 0 Å². The lowest BCUT2D eigenvalue weighted by molar-refractivity contribution is -0.125. The lowest BCUT2D eigenvalue weighted by atomic mass is 10.0. The molecule has 0 saturated heterocycles. The molecule has 0 bridgehead atoms. The van der Waals surface area contributed by atoms with Crippen molar-refractivity contribution in [3.05, 3.63) is 29.3 Å². The molecule has 1 rings (SSSR count). The van der Waals surface area contributed by atoms with Gasteiger partial charge in [-0.25, -0.2) is 0 Å². The molecule has 1 aromatic carbocycles. The Hall–Kier alpha value is -2.25. The van der Waals surface area contributed by atoms with Gasteiger partial charge in [-0.3, -0.25) is 5.32 Å². The number of halogens is 3. The molecule has 1 atom stereocenters. The van der Waals surface area contributed by atoms with E-state index in [1.807, 2.05) is 6.07 Å². The zero-order chi connectivity index (χ0) is 14.5. The van der Waals surface area contributed by atoms with E-state index in [1.165, 1.54) is 25.3 Å². The number of nitrogens with one attached hydrogen (secondary N) is 1. The van der Waals surface area contributed by atoms with E-state index in [9.17, 15) is 13.2 Å². The van der Waals surface area contributed by atoms with Crippen molar-refractivity contribution < 1.29 is 17.9 Å². The second-order valence-electron chi connectivity index (χ2n) is 3.63. The summed E-state index contributed by atoms with van der Waals surface area (Å²) < 4.78 is 41.2. The highest BCUT2D eigenvalue weighted by Gasteiger charge is 2.28. The summed E-state index contributed by atoms with van der Waals surface area (Å²) in [5, 5.41) is 19.8. The highest BCUT2D eigenvalue weighted by molar-refractivity contribution is 5.46. The lowest BCUT2D eigenvalue weighted by Gasteiger charge is -2.14. The van der Waals surface area contributed by atoms with Gasteiger partial charge in [-0.2, -0.15) is 23.7 Å². The molecular weight excluding hydrogens is 259 g/mol. The first-order valence-electron chi connectivity index (χ1n) is 5.19. The van der Waals surface area contributed by atoms with E-state index in [0.717, 1.165) is 0 Å². The van der Waals surface area contributed by atoms with Gasteiger partial charge in [0.2, 0.25) is 0 Å². The smallest absolute Gasteiger partial charge is 0.401 e. The molecule has 0 heterocycles. The number of hydrogen-bond donors (Lipinski definition) is 1. The minimum absolute atomic E-state index is 0.161. The zero-order valence-corrected chi connectivity index (χ0v) is 9.95. The van der Waals surface area contributed by atoms with E-state index in [2.05, 4.69) is 5.32 Å². The summed E-state index contributed by atoms with van der Waals surface area (Å²) in [4.78, 5) is 0. The molecule has 1 unspecified atom stereocenters. The summed E-state index contributed by atoms with van der Waals surface area (Å²) >= 11 is 0. The molecule has 0 aliphatic carbocycles. The van der Waals surface area contributed by atoms with Crippen LogP contribution in [0.5, 0.6) is 5.75 Å². The standard InChI is InChI=1S/C12H10F3N3O/c1-19-11-3-2-8(4-9(11)5-16)10(6-17)18-7-12(13,14)15/h2-4,10,18H,7H2,1H3. The monoisotopic (exact) mass is 269 g/mol. The number of hydrogen-bond acceptors (Lipinski definition) is 4. The van der Waals surface area contributed by atoms with Crippen LogP contribution >= 0.6 is 0 Å². The summed E-state index contributed by atoms with van der Waals surface area (Å²) in [6, 6.07) is 6.64. The Morgan fingerprint density at radius 2 is 2.05 bits per heavy atom. The van der Waals surface area contributed by atoms with Gasteiger partial charge in [0.15, 0.2) is 0 Å². The van der Waals surface area contributed by atoms with Gasteiger partial charge in [0.05, 0.1) is 25.3 Å². The molecule has 4 nitrogen and oxygen atoms in total. The number of rotatable bonds is 4. The summed E-state index contributed by atoms with van der Waals surface area (Å²) in [5.74, 6) is 0.304. The first-order valence-corrected chi connectivity index (χ1v) is 5.19. The summed E-state index contributed by atoms with van der Waals surface area (Å²) in [7, 11) is 1.37. The number of benzene rings is 1. The molecule has 0 fully saturated rings. The maximum absolute atomic E-state index is 12.1. The van der Waals surface area contributed by atoms with Crippen molar-refractivity contribution in [1.82, 2.24) is 5.32 Å². The summed E-state index contributed by atoms with van der Waals surface area (Å²) in [5.41, 5.74) is 0.443. The van der Waals surface area contributed by atoms with E-state index in [0.29, 0.717) is 5.75 Å². The van der Waals surface area contributed by atoms with Crippen LogP contribution in [0.3, 0.4) is 0 Å². The Morgan fingerprint density at radius 3 is 2.53 bits per heavy atom. The molecular formula is C12H10F3N3O. The van der Waals surface area contributed by atoms with Gasteiger partial charge < -0.3 is 4.74 Å². The fourth-order valence-corrected chi connectivity index (χ4v) is 1.45. The largest absolute Gasteiger partial charge is 0.495 e. The average Bonchev–Trinajstić information content (AvgIpc) is 2.37. The van der Waals surface area contributed by atoms with Crippen LogP contribution in [0.4, 0.5) is 13.2 Å². The molecule has 100 valence electrons. The first-order chi connectivity index (χ1) is 8.91. The van der Waals surface area contributed by atoms with Crippen molar-refractivity contribution in [2.45, 2.75) is 12.2 Å². The third kappa shape index (κ3) is 4.16. The quantitative estimate of drug-likeness (QED) is 0.910. The summed E-state index contributed by atoms with van der Waals surface area (Å²) in [6.07, 6.45) is -4.40. The van der Waals surface area contributed by atoms with Crippen molar-refractivity contribution >= 4 is 0 Å². The fraction of sp³-hybridized carbons (Fsp3) is 0.333. The van der Waals surface area contributed by atoms with Crippen molar-refractivity contribution in [2.75, 3.05) is 13.7 Å². The van der Waals surface area contributed by atoms with Crippen molar-refractivity contribution in [2.24, 2.45) is 0 Å². The molecule has 0 radical (unpaired) electrons. The van der Waals surface area contributed by atoms with Gasteiger partial charge in [0, 0.05) is 0 Å². The predicted octanol–water partition coefficient (Wildman–Crippen LogP) is 2.28. The molecule has 0 amide bonds. The highest BCUT2D eigenvalue weighted by Crippen LogP contribution is 2.23. The second kappa shape index (κ2) is 6.07. The van der Waals surface area contributed by atoms with Crippen LogP contribution in [0.1, 0.15) is 17.2 Å². The third-order valence-corrected chi connectivity index (χ3v) is 2.31. The van der Waals surface area contributed by atoms with Gasteiger partial charge in [-0.15, -0.1) is 0 Å². The zero-order valence-electron chi connectivity index (χ0n) is 9.95. The van der Waals surface area contributed by atoms with Crippen molar-refractivity contribution in [1.29, 1.82) is 10.5 Å². The van der Waals surface area contributed by atoms with Gasteiger partial charge in [-0.05, 0) is 17.7 Å². The molecule has 19 heavy (non-hydrogen) atoms. The maximum atomic E-state index is 12.1. The maximum Gasteiger partial charge on any atom is 0.401 e. The van der Waals surface area contributed by atoms with Crippen molar-refractivity contribution in [3.8, 4) is 17.9 Å². The lowest BCUT2D eigenvalue weighted by Crippen LogP contribution is -2.31. The Labute approximate surface area is 108 Å². The minimum Gasteiger partial charge on any atom is -0.495 e. The first kappa shape index (κ1) is 14.8. The number of nitrogens with zero attached hydrogens (tertiary/aromatic N) is 2. The SMILES string of the molecule is COc1ccc(C(C#N)NCC(F)(F)F)cc1C#N. The van der Waals surface area contributed by atoms with Crippen LogP contribution in [0.2, 0.25) is 0 Å². The fourth-order valence-electron chi connectivity index (χ4n) is 1.45. The Bertz CT molecular complexity index is 528. The van der Waals surface area contributed by atoms with E-state index >= 15 is 0 Å². The molecule has 0 aromatic heterocycles. The van der Waals surface area contributed by atoms with Crippen LogP contribution in [0.15, 0.2) is 18.2 Å². The summed E-state index contributed by atoms with van der Waals surface area (Å²) in [6.45, 7) is -1.28. The number of nitriles is 2. The van der Waals surface area contributed by atoms with Crippen molar-refractivity contribution in [3.63, 3.8) is 0 Å². The Kier molecular flexibility index (Phi) is 4.74. The van der Waals surface area contributed by atoms with Crippen LogP contribution in [0, 0.1) is 22.7 Å². The van der Waals surface area contributed by atoms with Gasteiger partial charge in [-0.1, -0.05) is 6.07 Å². The third-order valence-electron chi connectivity index (χ3n) is 2.31. The van der Waals surface area contributed by atoms with Gasteiger partial charge >= 0.3 is 6.18 Å². The molecule has 0 spiro atoms. The average molecular weight is 269 g/mol. The molecule has 0 aliphatic heterocycles. The Balaban J connectivity index is 2.95. The number of methoxy groups -OCH3 is 1. The highest BCUT2D eigenvalue weighted by atomic mass is 19.4. The minimum atomic E-state index is -4.40. The molecule has 0 saturated carbocycles.